The Kier molecular flexibility index (Phi) is 4.94. The van der Waals surface area contributed by atoms with E-state index in [0.29, 0.717) is 13.0 Å². The van der Waals surface area contributed by atoms with E-state index < -0.39 is 6.04 Å². The Labute approximate surface area is 125 Å². The SMILES string of the molecule is CCC(C)C1NC(=O)CCN(C(C)c2cccnc2)C1=O. The van der Waals surface area contributed by atoms with Crippen molar-refractivity contribution in [3.05, 3.63) is 30.1 Å². The van der Waals surface area contributed by atoms with Crippen molar-refractivity contribution in [3.8, 4) is 0 Å². The molecule has 1 aliphatic rings. The standard InChI is InChI=1S/C16H23N3O2/c1-4-11(2)15-16(21)19(9-7-14(20)18-15)12(3)13-6-5-8-17-10-13/h5-6,8,10-12,15H,4,7,9H2,1-3H3,(H,18,20). The van der Waals surface area contributed by atoms with Gasteiger partial charge in [0.1, 0.15) is 6.04 Å². The van der Waals surface area contributed by atoms with Gasteiger partial charge in [-0.05, 0) is 24.5 Å². The zero-order valence-electron chi connectivity index (χ0n) is 12.9. The van der Waals surface area contributed by atoms with Gasteiger partial charge in [-0.1, -0.05) is 26.3 Å². The van der Waals surface area contributed by atoms with Gasteiger partial charge in [0.15, 0.2) is 0 Å². The van der Waals surface area contributed by atoms with E-state index in [2.05, 4.69) is 10.3 Å². The van der Waals surface area contributed by atoms with Gasteiger partial charge in [-0.2, -0.15) is 0 Å². The van der Waals surface area contributed by atoms with E-state index in [9.17, 15) is 9.59 Å². The fourth-order valence-corrected chi connectivity index (χ4v) is 2.63. The fraction of sp³-hybridized carbons (Fsp3) is 0.562. The zero-order chi connectivity index (χ0) is 15.4. The van der Waals surface area contributed by atoms with Crippen LogP contribution < -0.4 is 5.32 Å². The lowest BCUT2D eigenvalue weighted by molar-refractivity contribution is -0.136. The van der Waals surface area contributed by atoms with Gasteiger partial charge < -0.3 is 10.2 Å². The van der Waals surface area contributed by atoms with Crippen LogP contribution in [0.15, 0.2) is 24.5 Å². The molecule has 2 rings (SSSR count). The second kappa shape index (κ2) is 6.70. The third kappa shape index (κ3) is 3.40. The molecule has 0 saturated carbocycles. The lowest BCUT2D eigenvalue weighted by Gasteiger charge is -2.31. The topological polar surface area (TPSA) is 62.3 Å². The highest BCUT2D eigenvalue weighted by Gasteiger charge is 2.35. The minimum Gasteiger partial charge on any atom is -0.344 e. The van der Waals surface area contributed by atoms with Crippen LogP contribution >= 0.6 is 0 Å². The average molecular weight is 289 g/mol. The summed E-state index contributed by atoms with van der Waals surface area (Å²) in [5.74, 6) is 0.0873. The molecule has 1 aromatic rings. The molecular weight excluding hydrogens is 266 g/mol. The first kappa shape index (κ1) is 15.5. The van der Waals surface area contributed by atoms with Crippen molar-refractivity contribution in [1.29, 1.82) is 0 Å². The smallest absolute Gasteiger partial charge is 0.245 e. The molecule has 3 unspecified atom stereocenters. The Hall–Kier alpha value is -1.91. The summed E-state index contributed by atoms with van der Waals surface area (Å²) in [5.41, 5.74) is 0.989. The largest absolute Gasteiger partial charge is 0.344 e. The van der Waals surface area contributed by atoms with Gasteiger partial charge in [-0.3, -0.25) is 14.6 Å². The molecule has 5 heteroatoms. The molecule has 0 aromatic carbocycles. The van der Waals surface area contributed by atoms with Gasteiger partial charge >= 0.3 is 0 Å². The van der Waals surface area contributed by atoms with E-state index in [1.807, 2.05) is 32.9 Å². The summed E-state index contributed by atoms with van der Waals surface area (Å²) in [7, 11) is 0. The normalized spacial score (nSPS) is 22.4. The molecule has 1 aliphatic heterocycles. The minimum absolute atomic E-state index is 0.00607. The predicted octanol–water partition coefficient (Wildman–Crippen LogP) is 1.91. The van der Waals surface area contributed by atoms with Crippen LogP contribution in [-0.2, 0) is 9.59 Å². The number of aromatic nitrogens is 1. The molecule has 1 saturated heterocycles. The second-order valence-electron chi connectivity index (χ2n) is 5.67. The second-order valence-corrected chi connectivity index (χ2v) is 5.67. The van der Waals surface area contributed by atoms with Crippen molar-refractivity contribution in [2.75, 3.05) is 6.54 Å². The van der Waals surface area contributed by atoms with Crippen LogP contribution in [0, 0.1) is 5.92 Å². The van der Waals surface area contributed by atoms with Crippen molar-refractivity contribution in [3.63, 3.8) is 0 Å². The maximum atomic E-state index is 12.8. The monoisotopic (exact) mass is 289 g/mol. The van der Waals surface area contributed by atoms with Crippen molar-refractivity contribution >= 4 is 11.8 Å². The van der Waals surface area contributed by atoms with E-state index in [-0.39, 0.29) is 23.8 Å². The Morgan fingerprint density at radius 2 is 2.19 bits per heavy atom. The molecule has 114 valence electrons. The van der Waals surface area contributed by atoms with E-state index in [0.717, 1.165) is 12.0 Å². The summed E-state index contributed by atoms with van der Waals surface area (Å²) in [6.45, 7) is 6.47. The van der Waals surface area contributed by atoms with Crippen LogP contribution in [0.1, 0.15) is 45.2 Å². The number of nitrogens with zero attached hydrogens (tertiary/aromatic N) is 2. The molecule has 5 nitrogen and oxygen atoms in total. The first-order valence-corrected chi connectivity index (χ1v) is 7.54. The number of hydrogen-bond donors (Lipinski definition) is 1. The maximum Gasteiger partial charge on any atom is 0.245 e. The molecule has 0 radical (unpaired) electrons. The third-order valence-electron chi connectivity index (χ3n) is 4.29. The summed E-state index contributed by atoms with van der Waals surface area (Å²) in [6, 6.07) is 3.32. The number of carbonyl (C=O) groups is 2. The minimum atomic E-state index is -0.427. The maximum absolute atomic E-state index is 12.8. The lowest BCUT2D eigenvalue weighted by Crippen LogP contribution is -2.48. The molecule has 0 spiro atoms. The van der Waals surface area contributed by atoms with Crippen LogP contribution in [-0.4, -0.2) is 34.3 Å². The average Bonchev–Trinajstić information content (AvgIpc) is 2.66. The van der Waals surface area contributed by atoms with Crippen molar-refractivity contribution in [1.82, 2.24) is 15.2 Å². The highest BCUT2D eigenvalue weighted by Crippen LogP contribution is 2.24. The molecule has 3 atom stereocenters. The molecule has 21 heavy (non-hydrogen) atoms. The van der Waals surface area contributed by atoms with Crippen LogP contribution in [0.2, 0.25) is 0 Å². The fourth-order valence-electron chi connectivity index (χ4n) is 2.63. The summed E-state index contributed by atoms with van der Waals surface area (Å²) in [5, 5.41) is 2.87. The number of hydrogen-bond acceptors (Lipinski definition) is 3. The highest BCUT2D eigenvalue weighted by atomic mass is 16.2. The molecule has 2 heterocycles. The number of nitrogens with one attached hydrogen (secondary N) is 1. The van der Waals surface area contributed by atoms with Gasteiger partial charge in [0, 0.05) is 25.4 Å². The van der Waals surface area contributed by atoms with Crippen LogP contribution in [0.25, 0.3) is 0 Å². The van der Waals surface area contributed by atoms with Gasteiger partial charge in [0.2, 0.25) is 11.8 Å². The van der Waals surface area contributed by atoms with E-state index in [1.54, 1.807) is 17.3 Å². The summed E-state index contributed by atoms with van der Waals surface area (Å²) in [6.07, 6.45) is 4.69. The Bertz CT molecular complexity index is 504. The number of amides is 2. The van der Waals surface area contributed by atoms with Gasteiger partial charge in [-0.25, -0.2) is 0 Å². The molecule has 2 amide bonds. The summed E-state index contributed by atoms with van der Waals surface area (Å²) >= 11 is 0. The van der Waals surface area contributed by atoms with Gasteiger partial charge in [-0.15, -0.1) is 0 Å². The first-order valence-electron chi connectivity index (χ1n) is 7.54. The van der Waals surface area contributed by atoms with Crippen LogP contribution in [0.4, 0.5) is 0 Å². The van der Waals surface area contributed by atoms with E-state index in [1.165, 1.54) is 0 Å². The lowest BCUT2D eigenvalue weighted by atomic mass is 9.97. The Balaban J connectivity index is 2.25. The quantitative estimate of drug-likeness (QED) is 0.921. The van der Waals surface area contributed by atoms with Gasteiger partial charge in [0.05, 0.1) is 6.04 Å². The molecule has 0 bridgehead atoms. The molecule has 1 fully saturated rings. The zero-order valence-corrected chi connectivity index (χ0v) is 12.9. The molecule has 0 aliphatic carbocycles. The highest BCUT2D eigenvalue weighted by molar-refractivity contribution is 5.90. The van der Waals surface area contributed by atoms with E-state index >= 15 is 0 Å². The summed E-state index contributed by atoms with van der Waals surface area (Å²) < 4.78 is 0. The third-order valence-corrected chi connectivity index (χ3v) is 4.29. The van der Waals surface area contributed by atoms with Crippen molar-refractivity contribution < 1.29 is 9.59 Å². The molecule has 1 N–H and O–H groups in total. The Morgan fingerprint density at radius 1 is 1.43 bits per heavy atom. The summed E-state index contributed by atoms with van der Waals surface area (Å²) in [4.78, 5) is 30.6. The van der Waals surface area contributed by atoms with Crippen molar-refractivity contribution in [2.24, 2.45) is 5.92 Å². The number of rotatable bonds is 4. The molecule has 1 aromatic heterocycles. The predicted molar refractivity (Wildman–Crippen MR) is 80.4 cm³/mol. The van der Waals surface area contributed by atoms with Crippen LogP contribution in [0.3, 0.4) is 0 Å². The van der Waals surface area contributed by atoms with E-state index in [4.69, 9.17) is 0 Å². The van der Waals surface area contributed by atoms with Crippen molar-refractivity contribution in [2.45, 2.75) is 45.7 Å². The first-order chi connectivity index (χ1) is 10.0. The number of pyridine rings is 1. The Morgan fingerprint density at radius 3 is 2.81 bits per heavy atom. The van der Waals surface area contributed by atoms with Crippen LogP contribution in [0.5, 0.6) is 0 Å². The van der Waals surface area contributed by atoms with Gasteiger partial charge in [0.25, 0.3) is 0 Å². The number of carbonyl (C=O) groups excluding carboxylic acids is 2. The molecular formula is C16H23N3O2.